The Morgan fingerprint density at radius 1 is 1.17 bits per heavy atom. The van der Waals surface area contributed by atoms with Crippen LogP contribution in [-0.4, -0.2) is 22.8 Å². The molecule has 2 nitrogen and oxygen atoms in total. The maximum absolute atomic E-state index is 6.86. The molecule has 2 heteroatoms. The van der Waals surface area contributed by atoms with E-state index >= 15 is 0 Å². The lowest BCUT2D eigenvalue weighted by Gasteiger charge is -2.61. The summed E-state index contributed by atoms with van der Waals surface area (Å²) >= 11 is 0. The largest absolute Gasteiger partial charge is 0.359 e. The van der Waals surface area contributed by atoms with Gasteiger partial charge in [-0.05, 0) is 49.7 Å². The van der Waals surface area contributed by atoms with Crippen molar-refractivity contribution >= 4 is 0 Å². The first-order chi connectivity index (χ1) is 11.4. The summed E-state index contributed by atoms with van der Waals surface area (Å²) in [7, 11) is 0. The molecule has 132 valence electrons. The first kappa shape index (κ1) is 16.6. The SMILES string of the molecule is CC(C)[C@H]1c2ccccc2CN2C1OC1C[C@H](C)CC[C@H]1C2(C)C. The lowest BCUT2D eigenvalue weighted by atomic mass is 9.67. The van der Waals surface area contributed by atoms with Crippen molar-refractivity contribution in [1.82, 2.24) is 4.90 Å². The molecule has 3 aliphatic rings. The molecule has 0 amide bonds. The third-order valence-electron chi connectivity index (χ3n) is 7.10. The summed E-state index contributed by atoms with van der Waals surface area (Å²) in [5.41, 5.74) is 3.24. The van der Waals surface area contributed by atoms with Crippen molar-refractivity contribution in [2.24, 2.45) is 17.8 Å². The van der Waals surface area contributed by atoms with Gasteiger partial charge in [-0.3, -0.25) is 4.90 Å². The fraction of sp³-hybridized carbons (Fsp3) is 0.727. The van der Waals surface area contributed by atoms with Crippen molar-refractivity contribution < 1.29 is 4.74 Å². The molecular weight excluding hydrogens is 294 g/mol. The minimum atomic E-state index is 0.217. The van der Waals surface area contributed by atoms with Gasteiger partial charge < -0.3 is 4.74 Å². The summed E-state index contributed by atoms with van der Waals surface area (Å²) < 4.78 is 6.86. The van der Waals surface area contributed by atoms with E-state index in [-0.39, 0.29) is 11.8 Å². The van der Waals surface area contributed by atoms with Crippen LogP contribution >= 0.6 is 0 Å². The van der Waals surface area contributed by atoms with E-state index in [0.717, 1.165) is 12.5 Å². The molecule has 0 radical (unpaired) electrons. The van der Waals surface area contributed by atoms with Gasteiger partial charge >= 0.3 is 0 Å². The summed E-state index contributed by atoms with van der Waals surface area (Å²) in [5.74, 6) is 2.55. The number of nitrogens with zero attached hydrogens (tertiary/aromatic N) is 1. The number of hydrogen-bond donors (Lipinski definition) is 0. The number of fused-ring (bicyclic) bond motifs is 3. The number of hydrogen-bond acceptors (Lipinski definition) is 2. The zero-order valence-corrected chi connectivity index (χ0v) is 16.0. The molecule has 2 fully saturated rings. The third-order valence-corrected chi connectivity index (χ3v) is 7.10. The monoisotopic (exact) mass is 327 g/mol. The fourth-order valence-electron chi connectivity index (χ4n) is 5.68. The molecule has 1 aromatic carbocycles. The van der Waals surface area contributed by atoms with Gasteiger partial charge in [-0.2, -0.15) is 0 Å². The summed E-state index contributed by atoms with van der Waals surface area (Å²) in [6.07, 6.45) is 4.59. The molecule has 5 atom stereocenters. The standard InChI is InChI=1S/C22H33NO/c1-14(2)20-17-9-7-6-8-16(17)13-23-21(20)24-19-12-15(3)10-11-18(19)22(23,4)5/h6-9,14-15,18-21H,10-13H2,1-5H3/t15-,18-,19?,20+,21?/m1/s1. The van der Waals surface area contributed by atoms with Crippen LogP contribution in [-0.2, 0) is 11.3 Å². The average Bonchev–Trinajstić information content (AvgIpc) is 2.52. The molecule has 0 N–H and O–H groups in total. The second-order valence-corrected chi connectivity index (χ2v) is 9.34. The van der Waals surface area contributed by atoms with E-state index in [4.69, 9.17) is 4.74 Å². The van der Waals surface area contributed by atoms with Gasteiger partial charge in [0.25, 0.3) is 0 Å². The van der Waals surface area contributed by atoms with E-state index in [1.807, 2.05) is 0 Å². The van der Waals surface area contributed by atoms with Crippen LogP contribution in [0.25, 0.3) is 0 Å². The minimum Gasteiger partial charge on any atom is -0.359 e. The molecule has 2 heterocycles. The molecule has 1 saturated heterocycles. The van der Waals surface area contributed by atoms with Crippen LogP contribution in [0.5, 0.6) is 0 Å². The second-order valence-electron chi connectivity index (χ2n) is 9.34. The number of ether oxygens (including phenoxy) is 1. The molecule has 2 unspecified atom stereocenters. The first-order valence-electron chi connectivity index (χ1n) is 9.89. The highest BCUT2D eigenvalue weighted by Gasteiger charge is 2.54. The molecule has 1 saturated carbocycles. The second kappa shape index (κ2) is 5.85. The van der Waals surface area contributed by atoms with Gasteiger partial charge in [0.15, 0.2) is 0 Å². The number of benzene rings is 1. The summed E-state index contributed by atoms with van der Waals surface area (Å²) in [6.45, 7) is 13.1. The van der Waals surface area contributed by atoms with Gasteiger partial charge in [0.05, 0.1) is 6.10 Å². The van der Waals surface area contributed by atoms with Crippen LogP contribution < -0.4 is 0 Å². The Labute approximate surface area is 147 Å². The van der Waals surface area contributed by atoms with Crippen molar-refractivity contribution in [1.29, 1.82) is 0 Å². The maximum atomic E-state index is 6.86. The Kier molecular flexibility index (Phi) is 4.04. The van der Waals surface area contributed by atoms with E-state index in [0.29, 0.717) is 23.9 Å². The zero-order valence-electron chi connectivity index (χ0n) is 16.0. The lowest BCUT2D eigenvalue weighted by molar-refractivity contribution is -0.251. The Morgan fingerprint density at radius 3 is 2.67 bits per heavy atom. The van der Waals surface area contributed by atoms with Crippen molar-refractivity contribution in [2.75, 3.05) is 0 Å². The van der Waals surface area contributed by atoms with Crippen LogP contribution in [0.1, 0.15) is 70.9 Å². The van der Waals surface area contributed by atoms with Crippen LogP contribution in [0.3, 0.4) is 0 Å². The summed E-state index contributed by atoms with van der Waals surface area (Å²) in [6, 6.07) is 9.05. The Hall–Kier alpha value is -0.860. The van der Waals surface area contributed by atoms with E-state index in [1.54, 1.807) is 0 Å². The molecule has 1 aromatic rings. The summed E-state index contributed by atoms with van der Waals surface area (Å²) in [4.78, 5) is 2.69. The predicted octanol–water partition coefficient (Wildman–Crippen LogP) is 5.18. The van der Waals surface area contributed by atoms with Crippen LogP contribution in [0, 0.1) is 17.8 Å². The predicted molar refractivity (Wildman–Crippen MR) is 98.8 cm³/mol. The Morgan fingerprint density at radius 2 is 1.92 bits per heavy atom. The fourth-order valence-corrected chi connectivity index (χ4v) is 5.68. The number of rotatable bonds is 1. The first-order valence-corrected chi connectivity index (χ1v) is 9.89. The molecule has 24 heavy (non-hydrogen) atoms. The molecule has 4 rings (SSSR count). The normalized spacial score (nSPS) is 38.3. The molecule has 0 spiro atoms. The highest BCUT2D eigenvalue weighted by molar-refractivity contribution is 5.35. The van der Waals surface area contributed by atoms with Gasteiger partial charge in [-0.1, -0.05) is 51.5 Å². The Balaban J connectivity index is 1.76. The average molecular weight is 328 g/mol. The van der Waals surface area contributed by atoms with Crippen molar-refractivity contribution in [2.45, 2.75) is 84.2 Å². The molecular formula is C22H33NO. The van der Waals surface area contributed by atoms with Gasteiger partial charge in [0, 0.05) is 23.9 Å². The summed E-state index contributed by atoms with van der Waals surface area (Å²) in [5, 5.41) is 0. The van der Waals surface area contributed by atoms with Crippen molar-refractivity contribution in [3.05, 3.63) is 35.4 Å². The third kappa shape index (κ3) is 2.45. The van der Waals surface area contributed by atoms with Crippen LogP contribution in [0.15, 0.2) is 24.3 Å². The maximum Gasteiger partial charge on any atom is 0.118 e. The van der Waals surface area contributed by atoms with Crippen LogP contribution in [0.2, 0.25) is 0 Å². The minimum absolute atomic E-state index is 0.217. The Bertz CT molecular complexity index is 608. The highest BCUT2D eigenvalue weighted by Crippen LogP contribution is 2.51. The smallest absolute Gasteiger partial charge is 0.118 e. The lowest BCUT2D eigenvalue weighted by Crippen LogP contribution is -2.66. The van der Waals surface area contributed by atoms with Gasteiger partial charge in [-0.15, -0.1) is 0 Å². The van der Waals surface area contributed by atoms with Crippen molar-refractivity contribution in [3.8, 4) is 0 Å². The van der Waals surface area contributed by atoms with Gasteiger partial charge in [-0.25, -0.2) is 0 Å². The van der Waals surface area contributed by atoms with Gasteiger partial charge in [0.2, 0.25) is 0 Å². The quantitative estimate of drug-likeness (QED) is 0.704. The van der Waals surface area contributed by atoms with E-state index in [2.05, 4.69) is 63.8 Å². The molecule has 2 aliphatic heterocycles. The van der Waals surface area contributed by atoms with Crippen molar-refractivity contribution in [3.63, 3.8) is 0 Å². The zero-order chi connectivity index (χ0) is 17.1. The molecule has 0 aromatic heterocycles. The molecule has 0 bridgehead atoms. The van der Waals surface area contributed by atoms with Crippen LogP contribution in [0.4, 0.5) is 0 Å². The molecule has 1 aliphatic carbocycles. The highest BCUT2D eigenvalue weighted by atomic mass is 16.5. The van der Waals surface area contributed by atoms with Gasteiger partial charge in [0.1, 0.15) is 6.23 Å². The van der Waals surface area contributed by atoms with E-state index in [9.17, 15) is 0 Å². The van der Waals surface area contributed by atoms with E-state index in [1.165, 1.54) is 30.4 Å². The topological polar surface area (TPSA) is 12.5 Å². The van der Waals surface area contributed by atoms with E-state index < -0.39 is 0 Å².